The summed E-state index contributed by atoms with van der Waals surface area (Å²) in [7, 11) is 0. The van der Waals surface area contributed by atoms with Crippen molar-refractivity contribution in [2.75, 3.05) is 6.61 Å². The van der Waals surface area contributed by atoms with Gasteiger partial charge in [0.2, 0.25) is 0 Å². The number of hydrogen-bond acceptors (Lipinski definition) is 3. The van der Waals surface area contributed by atoms with Gasteiger partial charge in [0.05, 0.1) is 6.61 Å². The number of carbonyl (C=O) groups is 2. The summed E-state index contributed by atoms with van der Waals surface area (Å²) < 4.78 is 66.1. The molecule has 1 unspecified atom stereocenters. The van der Waals surface area contributed by atoms with E-state index in [1.807, 2.05) is 0 Å². The van der Waals surface area contributed by atoms with E-state index >= 15 is 0 Å². The van der Waals surface area contributed by atoms with Gasteiger partial charge < -0.3 is 10.1 Å². The third-order valence-electron chi connectivity index (χ3n) is 3.08. The summed E-state index contributed by atoms with van der Waals surface area (Å²) in [6, 6.07) is -1.59. The molecule has 1 atom stereocenters. The predicted molar refractivity (Wildman–Crippen MR) is 72.9 cm³/mol. The molecule has 0 radical (unpaired) electrons. The molecule has 0 aliphatic rings. The third kappa shape index (κ3) is 7.60. The van der Waals surface area contributed by atoms with E-state index in [4.69, 9.17) is 4.74 Å². The first-order chi connectivity index (χ1) is 10.5. The molecule has 0 aromatic carbocycles. The van der Waals surface area contributed by atoms with Gasteiger partial charge in [-0.25, -0.2) is 4.79 Å². The molecule has 0 aromatic rings. The van der Waals surface area contributed by atoms with Crippen LogP contribution in [0.3, 0.4) is 0 Å². The maximum absolute atomic E-state index is 12.7. The van der Waals surface area contributed by atoms with Crippen LogP contribution in [0.15, 0.2) is 0 Å². The van der Waals surface area contributed by atoms with Crippen molar-refractivity contribution in [3.8, 4) is 0 Å². The Morgan fingerprint density at radius 1 is 1.00 bits per heavy atom. The quantitative estimate of drug-likeness (QED) is 0.373. The SMILES string of the molecule is CCCCCCCCOC(=O)C(C)NC(=O)C(F)(F)C(F)(F)F. The lowest BCUT2D eigenvalue weighted by Gasteiger charge is -2.20. The van der Waals surface area contributed by atoms with E-state index in [2.05, 4.69) is 6.92 Å². The Balaban J connectivity index is 4.09. The second-order valence-electron chi connectivity index (χ2n) is 5.20. The van der Waals surface area contributed by atoms with Gasteiger partial charge in [0.15, 0.2) is 0 Å². The molecule has 0 saturated carbocycles. The van der Waals surface area contributed by atoms with Crippen LogP contribution >= 0.6 is 0 Å². The van der Waals surface area contributed by atoms with Gasteiger partial charge in [-0.1, -0.05) is 39.0 Å². The largest absolute Gasteiger partial charge is 0.464 e. The summed E-state index contributed by atoms with van der Waals surface area (Å²) in [6.07, 6.45) is -0.405. The minimum absolute atomic E-state index is 0.0286. The van der Waals surface area contributed by atoms with Crippen LogP contribution in [-0.4, -0.2) is 36.6 Å². The van der Waals surface area contributed by atoms with E-state index in [1.165, 1.54) is 5.32 Å². The number of rotatable bonds is 10. The molecule has 0 bridgehead atoms. The van der Waals surface area contributed by atoms with Gasteiger partial charge in [0, 0.05) is 0 Å². The number of carbonyl (C=O) groups excluding carboxylic acids is 2. The van der Waals surface area contributed by atoms with Crippen LogP contribution in [0.4, 0.5) is 22.0 Å². The molecule has 0 aliphatic heterocycles. The summed E-state index contributed by atoms with van der Waals surface area (Å²) in [4.78, 5) is 22.3. The smallest absolute Gasteiger partial charge is 0.463 e. The lowest BCUT2D eigenvalue weighted by Crippen LogP contribution is -2.54. The van der Waals surface area contributed by atoms with E-state index in [9.17, 15) is 31.5 Å². The van der Waals surface area contributed by atoms with Gasteiger partial charge in [-0.15, -0.1) is 0 Å². The standard InChI is InChI=1S/C14H22F5NO3/c1-3-4-5-6-7-8-9-23-11(21)10(2)20-12(22)13(15,16)14(17,18)19/h10H,3-9H2,1-2H3,(H,20,22). The maximum Gasteiger partial charge on any atom is 0.463 e. The van der Waals surface area contributed by atoms with Crippen molar-refractivity contribution < 1.29 is 36.3 Å². The van der Waals surface area contributed by atoms with E-state index < -0.39 is 30.0 Å². The second-order valence-corrected chi connectivity index (χ2v) is 5.20. The fourth-order valence-electron chi connectivity index (χ4n) is 1.66. The average Bonchev–Trinajstić information content (AvgIpc) is 2.44. The zero-order valence-electron chi connectivity index (χ0n) is 13.1. The Labute approximate surface area is 131 Å². The summed E-state index contributed by atoms with van der Waals surface area (Å²) >= 11 is 0. The van der Waals surface area contributed by atoms with E-state index in [0.29, 0.717) is 6.42 Å². The molecule has 0 aliphatic carbocycles. The van der Waals surface area contributed by atoms with Gasteiger partial charge in [-0.05, 0) is 13.3 Å². The fourth-order valence-corrected chi connectivity index (χ4v) is 1.66. The number of esters is 1. The number of ether oxygens (including phenoxy) is 1. The van der Waals surface area contributed by atoms with Gasteiger partial charge >= 0.3 is 24.0 Å². The summed E-state index contributed by atoms with van der Waals surface area (Å²) in [6.45, 7) is 3.08. The molecule has 136 valence electrons. The van der Waals surface area contributed by atoms with Gasteiger partial charge in [-0.3, -0.25) is 4.79 Å². The molecule has 0 spiro atoms. The first-order valence-corrected chi connectivity index (χ1v) is 7.46. The first-order valence-electron chi connectivity index (χ1n) is 7.46. The Hall–Kier alpha value is -1.41. The van der Waals surface area contributed by atoms with Crippen molar-refractivity contribution in [2.24, 2.45) is 0 Å². The monoisotopic (exact) mass is 347 g/mol. The molecule has 0 fully saturated rings. The minimum atomic E-state index is -6.01. The molecular weight excluding hydrogens is 325 g/mol. The van der Waals surface area contributed by atoms with E-state index in [0.717, 1.165) is 39.0 Å². The molecule has 4 nitrogen and oxygen atoms in total. The van der Waals surface area contributed by atoms with Crippen molar-refractivity contribution in [2.45, 2.75) is 70.5 Å². The Bertz CT molecular complexity index is 385. The third-order valence-corrected chi connectivity index (χ3v) is 3.08. The fraction of sp³-hybridized carbons (Fsp3) is 0.857. The molecule has 1 amide bonds. The summed E-state index contributed by atoms with van der Waals surface area (Å²) in [5.74, 6) is -9.18. The highest BCUT2D eigenvalue weighted by molar-refractivity contribution is 5.88. The zero-order valence-corrected chi connectivity index (χ0v) is 13.1. The van der Waals surface area contributed by atoms with Crippen molar-refractivity contribution in [1.82, 2.24) is 5.32 Å². The van der Waals surface area contributed by atoms with Crippen molar-refractivity contribution in [3.05, 3.63) is 0 Å². The lowest BCUT2D eigenvalue weighted by atomic mass is 10.1. The molecule has 0 saturated heterocycles. The predicted octanol–water partition coefficient (Wildman–Crippen LogP) is 3.59. The van der Waals surface area contributed by atoms with Gasteiger partial charge in [0.1, 0.15) is 6.04 Å². The maximum atomic E-state index is 12.7. The highest BCUT2D eigenvalue weighted by Gasteiger charge is 2.63. The van der Waals surface area contributed by atoms with Crippen molar-refractivity contribution in [3.63, 3.8) is 0 Å². The van der Waals surface area contributed by atoms with Crippen LogP contribution in [0.25, 0.3) is 0 Å². The molecule has 0 aromatic heterocycles. The van der Waals surface area contributed by atoms with Crippen LogP contribution in [0.1, 0.15) is 52.4 Å². The number of hydrogen-bond donors (Lipinski definition) is 1. The van der Waals surface area contributed by atoms with E-state index in [-0.39, 0.29) is 6.61 Å². The highest BCUT2D eigenvalue weighted by Crippen LogP contribution is 2.35. The first kappa shape index (κ1) is 21.6. The summed E-state index contributed by atoms with van der Waals surface area (Å²) in [5, 5.41) is 1.31. The number of alkyl halides is 5. The Morgan fingerprint density at radius 2 is 1.52 bits per heavy atom. The molecule has 23 heavy (non-hydrogen) atoms. The molecular formula is C14H22F5NO3. The van der Waals surface area contributed by atoms with E-state index in [1.54, 1.807) is 0 Å². The van der Waals surface area contributed by atoms with Gasteiger partial charge in [0.25, 0.3) is 0 Å². The number of amides is 1. The van der Waals surface area contributed by atoms with Crippen LogP contribution in [-0.2, 0) is 14.3 Å². The highest BCUT2D eigenvalue weighted by atomic mass is 19.4. The summed E-state index contributed by atoms with van der Waals surface area (Å²) in [5.41, 5.74) is 0. The Kier molecular flexibility index (Phi) is 9.07. The minimum Gasteiger partial charge on any atom is -0.464 e. The van der Waals surface area contributed by atoms with Crippen molar-refractivity contribution in [1.29, 1.82) is 0 Å². The van der Waals surface area contributed by atoms with Crippen LogP contribution < -0.4 is 5.32 Å². The normalized spacial score (nSPS) is 13.5. The van der Waals surface area contributed by atoms with Crippen LogP contribution in [0.5, 0.6) is 0 Å². The zero-order chi connectivity index (χ0) is 18.1. The number of nitrogens with one attached hydrogen (secondary N) is 1. The van der Waals surface area contributed by atoms with Gasteiger partial charge in [-0.2, -0.15) is 22.0 Å². The molecule has 1 N–H and O–H groups in total. The second kappa shape index (κ2) is 9.67. The Morgan fingerprint density at radius 3 is 2.04 bits per heavy atom. The number of halogens is 5. The lowest BCUT2D eigenvalue weighted by molar-refractivity contribution is -0.270. The number of unbranched alkanes of at least 4 members (excludes halogenated alkanes) is 5. The van der Waals surface area contributed by atoms with Crippen molar-refractivity contribution >= 4 is 11.9 Å². The van der Waals surface area contributed by atoms with Crippen LogP contribution in [0.2, 0.25) is 0 Å². The van der Waals surface area contributed by atoms with Crippen LogP contribution in [0, 0.1) is 0 Å². The molecule has 9 heteroatoms. The average molecular weight is 347 g/mol. The molecule has 0 heterocycles. The topological polar surface area (TPSA) is 55.4 Å². The molecule has 0 rings (SSSR count).